The molecule has 0 aliphatic carbocycles. The highest BCUT2D eigenvalue weighted by Gasteiger charge is 2.41. The van der Waals surface area contributed by atoms with Crippen LogP contribution in [-0.2, 0) is 4.79 Å². The van der Waals surface area contributed by atoms with Crippen molar-refractivity contribution in [2.45, 2.75) is 45.4 Å². The van der Waals surface area contributed by atoms with E-state index in [1.54, 1.807) is 0 Å². The molecule has 6 nitrogen and oxygen atoms in total. The number of fused-ring (bicyclic) bond motifs is 1. The van der Waals surface area contributed by atoms with Gasteiger partial charge in [-0.1, -0.05) is 69.3 Å². The molecule has 5 rings (SSSR count). The van der Waals surface area contributed by atoms with E-state index in [2.05, 4.69) is 140 Å². The van der Waals surface area contributed by atoms with Crippen LogP contribution < -0.4 is 8.85 Å². The van der Waals surface area contributed by atoms with Crippen molar-refractivity contribution in [3.05, 3.63) is 84.1 Å². The van der Waals surface area contributed by atoms with Gasteiger partial charge in [0.25, 0.3) is 0 Å². The summed E-state index contributed by atoms with van der Waals surface area (Å²) >= 11 is 2.18. The third kappa shape index (κ3) is 6.21. The number of benzene rings is 2. The molecule has 0 aromatic heterocycles. The maximum atomic E-state index is 12.8. The van der Waals surface area contributed by atoms with Crippen molar-refractivity contribution in [3.63, 3.8) is 0 Å². The normalized spacial score (nSPS) is 24.1. The zero-order valence-electron chi connectivity index (χ0n) is 22.0. The molecule has 0 radical (unpaired) electrons. The van der Waals surface area contributed by atoms with Gasteiger partial charge in [0.15, 0.2) is 0 Å². The van der Waals surface area contributed by atoms with Gasteiger partial charge in [0.05, 0.1) is 41.1 Å². The van der Waals surface area contributed by atoms with Gasteiger partial charge in [-0.15, -0.1) is 0 Å². The first-order valence-electron chi connectivity index (χ1n) is 13.3. The lowest BCUT2D eigenvalue weighted by atomic mass is 9.91. The van der Waals surface area contributed by atoms with Crippen LogP contribution in [0.4, 0.5) is 5.69 Å². The Morgan fingerprint density at radius 1 is 1.03 bits per heavy atom. The Hall–Kier alpha value is -2.36. The fourth-order valence-corrected chi connectivity index (χ4v) is 5.93. The van der Waals surface area contributed by atoms with E-state index in [0.29, 0.717) is 6.42 Å². The largest absolute Gasteiger partial charge is 0.352 e. The monoisotopic (exact) mass is 611 g/mol. The van der Waals surface area contributed by atoms with Crippen LogP contribution in [0.1, 0.15) is 44.4 Å². The summed E-state index contributed by atoms with van der Waals surface area (Å²) in [4.78, 5) is 19.9. The number of nitrogens with zero attached hydrogens (tertiary/aromatic N) is 3. The Kier molecular flexibility index (Phi) is 7.93. The molecule has 0 saturated carbocycles. The second-order valence-corrected chi connectivity index (χ2v) is 12.1. The van der Waals surface area contributed by atoms with Crippen LogP contribution in [0.25, 0.3) is 5.57 Å². The van der Waals surface area contributed by atoms with E-state index >= 15 is 0 Å². The first-order valence-corrected chi connectivity index (χ1v) is 14.3. The number of nitrogens with one attached hydrogen (secondary N) is 2. The number of carbonyl (C=O) groups excluding carboxylic acids is 1. The smallest absolute Gasteiger partial charge is 0.223 e. The molecule has 2 aromatic rings. The van der Waals surface area contributed by atoms with Crippen LogP contribution in [0.2, 0.25) is 0 Å². The predicted octanol–water partition coefficient (Wildman–Crippen LogP) is 5.28. The number of allylic oxidation sites excluding steroid dienone is 2. The maximum Gasteiger partial charge on any atom is 0.223 e. The minimum Gasteiger partial charge on any atom is -0.352 e. The number of hydrogen-bond acceptors (Lipinski definition) is 5. The number of amides is 1. The Labute approximate surface area is 235 Å². The molecule has 2 N–H and O–H groups in total. The van der Waals surface area contributed by atoms with Gasteiger partial charge >= 0.3 is 0 Å². The molecule has 7 heteroatoms. The number of anilines is 1. The van der Waals surface area contributed by atoms with Crippen LogP contribution in [0.5, 0.6) is 0 Å². The number of hydrogen-bond donors (Lipinski definition) is 2. The van der Waals surface area contributed by atoms with Crippen molar-refractivity contribution in [2.75, 3.05) is 36.3 Å². The van der Waals surface area contributed by atoms with Crippen molar-refractivity contribution >= 4 is 40.0 Å². The lowest BCUT2D eigenvalue weighted by Gasteiger charge is -2.39. The standard InChI is InChI=1S/C30H38IN5O/c1-30(2,3)19-28(37)35-17-15-34(16-18-35)21-26-29(23-9-12-25(33-31)13-10-23)32-27-14-11-24(20-36(26)27)22-7-5-4-6-8-22/h4-14,20,26-27,29,32-33H,15-19,21H2,1-3H3. The van der Waals surface area contributed by atoms with Crippen molar-refractivity contribution in [3.8, 4) is 0 Å². The van der Waals surface area contributed by atoms with Gasteiger partial charge in [0.1, 0.15) is 0 Å². The van der Waals surface area contributed by atoms with E-state index in [4.69, 9.17) is 0 Å². The van der Waals surface area contributed by atoms with Crippen molar-refractivity contribution in [1.29, 1.82) is 0 Å². The first-order chi connectivity index (χ1) is 17.8. The molecule has 2 aromatic carbocycles. The van der Waals surface area contributed by atoms with Gasteiger partial charge in [-0.3, -0.25) is 15.0 Å². The van der Waals surface area contributed by atoms with Gasteiger partial charge in [-0.25, -0.2) is 0 Å². The van der Waals surface area contributed by atoms with Gasteiger partial charge in [0, 0.05) is 51.0 Å². The molecule has 1 amide bonds. The minimum absolute atomic E-state index is 0.0267. The zero-order valence-corrected chi connectivity index (χ0v) is 24.2. The second-order valence-electron chi connectivity index (χ2n) is 11.5. The van der Waals surface area contributed by atoms with Crippen molar-refractivity contribution in [1.82, 2.24) is 20.0 Å². The molecule has 2 fully saturated rings. The van der Waals surface area contributed by atoms with E-state index < -0.39 is 0 Å². The Bertz CT molecular complexity index is 1130. The fourth-order valence-electron chi connectivity index (χ4n) is 5.57. The Morgan fingerprint density at radius 3 is 2.38 bits per heavy atom. The van der Waals surface area contributed by atoms with Crippen LogP contribution in [0.15, 0.2) is 72.9 Å². The average Bonchev–Trinajstić information content (AvgIpc) is 3.26. The summed E-state index contributed by atoms with van der Waals surface area (Å²) in [5, 5.41) is 3.89. The van der Waals surface area contributed by atoms with Crippen LogP contribution >= 0.6 is 22.9 Å². The van der Waals surface area contributed by atoms with E-state index in [9.17, 15) is 4.79 Å². The van der Waals surface area contributed by atoms with Crippen LogP contribution in [0.3, 0.4) is 0 Å². The summed E-state index contributed by atoms with van der Waals surface area (Å²) in [5.74, 6) is 0.285. The van der Waals surface area contributed by atoms with E-state index in [-0.39, 0.29) is 29.6 Å². The van der Waals surface area contributed by atoms with Gasteiger partial charge in [-0.2, -0.15) is 0 Å². The molecule has 3 unspecified atom stereocenters. The highest BCUT2D eigenvalue weighted by molar-refractivity contribution is 14.1. The molecular weight excluding hydrogens is 573 g/mol. The topological polar surface area (TPSA) is 50.9 Å². The summed E-state index contributed by atoms with van der Waals surface area (Å²) in [6.45, 7) is 10.8. The Morgan fingerprint density at radius 2 is 1.73 bits per heavy atom. The lowest BCUT2D eigenvalue weighted by molar-refractivity contribution is -0.134. The lowest BCUT2D eigenvalue weighted by Crippen LogP contribution is -2.52. The number of halogens is 1. The fraction of sp³-hybridized carbons (Fsp3) is 0.433. The second kappa shape index (κ2) is 11.2. The first kappa shape index (κ1) is 26.3. The summed E-state index contributed by atoms with van der Waals surface area (Å²) in [6, 6.07) is 19.9. The number of rotatable bonds is 6. The third-order valence-electron chi connectivity index (χ3n) is 7.52. The third-order valence-corrected chi connectivity index (χ3v) is 8.15. The molecule has 3 heterocycles. The van der Waals surface area contributed by atoms with E-state index in [0.717, 1.165) is 38.4 Å². The average molecular weight is 612 g/mol. The summed E-state index contributed by atoms with van der Waals surface area (Å²) in [5.41, 5.74) is 4.92. The zero-order chi connectivity index (χ0) is 26.0. The van der Waals surface area contributed by atoms with Gasteiger partial charge < -0.3 is 13.3 Å². The van der Waals surface area contributed by atoms with Gasteiger partial charge in [0.2, 0.25) is 5.91 Å². The molecule has 2 saturated heterocycles. The summed E-state index contributed by atoms with van der Waals surface area (Å²) in [7, 11) is 0. The SMILES string of the molecule is CC(C)(C)CC(=O)N1CCN(CC2C(c3ccc(NI)cc3)NC3C=CC(c4ccccc4)=CN32)CC1. The molecule has 196 valence electrons. The molecule has 37 heavy (non-hydrogen) atoms. The van der Waals surface area contributed by atoms with E-state index in [1.165, 1.54) is 16.7 Å². The molecule has 0 spiro atoms. The Balaban J connectivity index is 1.34. The minimum atomic E-state index is 0.0267. The number of piperazine rings is 1. The van der Waals surface area contributed by atoms with Crippen molar-refractivity contribution < 1.29 is 4.79 Å². The van der Waals surface area contributed by atoms with Gasteiger partial charge in [-0.05, 0) is 40.3 Å². The highest BCUT2D eigenvalue weighted by atomic mass is 127. The molecule has 3 aliphatic heterocycles. The number of carbonyl (C=O) groups is 1. The molecule has 0 bridgehead atoms. The molecule has 3 atom stereocenters. The van der Waals surface area contributed by atoms with E-state index in [1.807, 2.05) is 0 Å². The molecular formula is C30H38IN5O. The quantitative estimate of drug-likeness (QED) is 0.344. The van der Waals surface area contributed by atoms with Crippen molar-refractivity contribution in [2.24, 2.45) is 5.41 Å². The highest BCUT2D eigenvalue weighted by Crippen LogP contribution is 2.36. The molecule has 3 aliphatic rings. The maximum absolute atomic E-state index is 12.8. The van der Waals surface area contributed by atoms with Crippen LogP contribution in [0, 0.1) is 5.41 Å². The van der Waals surface area contributed by atoms with Crippen LogP contribution in [-0.4, -0.2) is 65.5 Å². The summed E-state index contributed by atoms with van der Waals surface area (Å²) < 4.78 is 3.20. The summed E-state index contributed by atoms with van der Waals surface area (Å²) in [6.07, 6.45) is 7.64. The predicted molar refractivity (Wildman–Crippen MR) is 160 cm³/mol.